The lowest BCUT2D eigenvalue weighted by atomic mass is 10.0. The first-order valence-corrected chi connectivity index (χ1v) is 13.2. The van der Waals surface area contributed by atoms with Crippen LogP contribution in [-0.4, -0.2) is 22.5 Å². The predicted octanol–water partition coefficient (Wildman–Crippen LogP) is 9.13. The maximum Gasteiger partial charge on any atom is 0.416 e. The summed E-state index contributed by atoms with van der Waals surface area (Å²) in [5.74, 6) is 0.172. The average Bonchev–Trinajstić information content (AvgIpc) is 2.86. The molecule has 0 aliphatic heterocycles. The monoisotopic (exact) mass is 606 g/mol. The van der Waals surface area contributed by atoms with Crippen molar-refractivity contribution in [1.29, 1.82) is 0 Å². The summed E-state index contributed by atoms with van der Waals surface area (Å²) in [6, 6.07) is 17.0. The molecule has 2 N–H and O–H groups in total. The van der Waals surface area contributed by atoms with Gasteiger partial charge in [0.05, 0.1) is 22.9 Å². The van der Waals surface area contributed by atoms with Gasteiger partial charge in [-0.05, 0) is 60.0 Å². The molecule has 3 rings (SSSR count). The molecule has 0 aromatic heterocycles. The van der Waals surface area contributed by atoms with Crippen molar-refractivity contribution in [3.8, 4) is 16.9 Å². The van der Waals surface area contributed by atoms with Gasteiger partial charge >= 0.3 is 6.18 Å². The molecule has 0 spiro atoms. The topological polar surface area (TPSA) is 50.4 Å². The maximum absolute atomic E-state index is 13.1. The Hall–Kier alpha value is -2.32. The molecule has 0 heterocycles. The molecule has 0 saturated heterocycles. The fourth-order valence-electron chi connectivity index (χ4n) is 3.48. The largest absolute Gasteiger partial charge is 0.494 e. The lowest BCUT2D eigenvalue weighted by molar-refractivity contribution is -0.137. The van der Waals surface area contributed by atoms with Crippen molar-refractivity contribution in [2.75, 3.05) is 11.9 Å². The minimum atomic E-state index is -4.61. The summed E-state index contributed by atoms with van der Waals surface area (Å²) >= 11 is 24.1. The summed E-state index contributed by atoms with van der Waals surface area (Å²) in [4.78, 5) is 12.9. The number of hydrogen-bond donors (Lipinski definition) is 2. The number of nitrogens with one attached hydrogen (secondary N) is 2. The Kier molecular flexibility index (Phi) is 10.5. The second kappa shape index (κ2) is 13.2. The zero-order chi connectivity index (χ0) is 27.9. The Balaban J connectivity index is 1.70. The molecule has 0 aliphatic carbocycles. The predicted molar refractivity (Wildman–Crippen MR) is 149 cm³/mol. The summed E-state index contributed by atoms with van der Waals surface area (Å²) in [7, 11) is 0. The Bertz CT molecular complexity index is 1210. The minimum Gasteiger partial charge on any atom is -0.494 e. The van der Waals surface area contributed by atoms with Gasteiger partial charge in [0.15, 0.2) is 0 Å². The Morgan fingerprint density at radius 2 is 1.53 bits per heavy atom. The highest BCUT2D eigenvalue weighted by Crippen LogP contribution is 2.37. The standard InChI is InChI=1S/C27H25Cl4F3N2O2/c1-2-3-4-15-38-21-12-9-18(10-13-21)17-5-7-19(8-6-17)24(37)36-25(26(29,30)31)35-23-16-20(27(32,33)34)11-14-22(23)28/h5-14,16,25,35H,2-4,15H2,1H3,(H,36,37)/t25-/m1/s1. The van der Waals surface area contributed by atoms with Gasteiger partial charge < -0.3 is 15.4 Å². The molecular formula is C27H25Cl4F3N2O2. The molecule has 0 aliphatic rings. The number of ether oxygens (including phenoxy) is 1. The second-order valence-electron chi connectivity index (χ2n) is 8.44. The molecule has 3 aromatic rings. The lowest BCUT2D eigenvalue weighted by Gasteiger charge is -2.28. The van der Waals surface area contributed by atoms with Gasteiger partial charge in [0.2, 0.25) is 3.79 Å². The molecule has 0 bridgehead atoms. The van der Waals surface area contributed by atoms with E-state index in [1.807, 2.05) is 24.3 Å². The van der Waals surface area contributed by atoms with Crippen molar-refractivity contribution >= 4 is 58.0 Å². The molecule has 1 amide bonds. The van der Waals surface area contributed by atoms with E-state index in [0.717, 1.165) is 54.3 Å². The van der Waals surface area contributed by atoms with Gasteiger partial charge in [-0.25, -0.2) is 0 Å². The van der Waals surface area contributed by atoms with E-state index in [-0.39, 0.29) is 16.3 Å². The van der Waals surface area contributed by atoms with Crippen LogP contribution >= 0.6 is 46.4 Å². The van der Waals surface area contributed by atoms with Crippen LogP contribution in [0.4, 0.5) is 18.9 Å². The van der Waals surface area contributed by atoms with Crippen LogP contribution in [0.5, 0.6) is 5.75 Å². The zero-order valence-corrected chi connectivity index (χ0v) is 23.2. The van der Waals surface area contributed by atoms with Crippen LogP contribution in [-0.2, 0) is 6.18 Å². The molecule has 204 valence electrons. The molecular weight excluding hydrogens is 583 g/mol. The van der Waals surface area contributed by atoms with Crippen molar-refractivity contribution in [1.82, 2.24) is 5.32 Å². The smallest absolute Gasteiger partial charge is 0.416 e. The van der Waals surface area contributed by atoms with Crippen molar-refractivity contribution in [2.45, 2.75) is 42.3 Å². The van der Waals surface area contributed by atoms with Crippen molar-refractivity contribution in [2.24, 2.45) is 0 Å². The molecule has 0 saturated carbocycles. The third-order valence-corrected chi connectivity index (χ3v) is 6.53. The third-order valence-electron chi connectivity index (χ3n) is 5.55. The first-order chi connectivity index (χ1) is 17.9. The van der Waals surface area contributed by atoms with Crippen LogP contribution < -0.4 is 15.4 Å². The highest BCUT2D eigenvalue weighted by Gasteiger charge is 2.36. The summed E-state index contributed by atoms with van der Waals surface area (Å²) in [6.45, 7) is 2.80. The lowest BCUT2D eigenvalue weighted by Crippen LogP contribution is -2.49. The SMILES string of the molecule is CCCCCOc1ccc(-c2ccc(C(=O)N[C@@H](Nc3cc(C(F)(F)F)ccc3Cl)C(Cl)(Cl)Cl)cc2)cc1. The maximum atomic E-state index is 13.1. The second-order valence-corrected chi connectivity index (χ2v) is 11.2. The van der Waals surface area contributed by atoms with Crippen LogP contribution in [0, 0.1) is 0 Å². The van der Waals surface area contributed by atoms with Gasteiger partial charge in [-0.2, -0.15) is 13.2 Å². The molecule has 0 radical (unpaired) electrons. The minimum absolute atomic E-state index is 0.0479. The quantitative estimate of drug-likeness (QED) is 0.137. The first-order valence-electron chi connectivity index (χ1n) is 11.7. The normalized spacial score (nSPS) is 12.6. The van der Waals surface area contributed by atoms with E-state index < -0.39 is 27.6 Å². The van der Waals surface area contributed by atoms with Crippen LogP contribution in [0.1, 0.15) is 42.1 Å². The van der Waals surface area contributed by atoms with Crippen molar-refractivity contribution in [3.63, 3.8) is 0 Å². The molecule has 1 atom stereocenters. The van der Waals surface area contributed by atoms with Gasteiger partial charge in [-0.15, -0.1) is 0 Å². The number of hydrogen-bond acceptors (Lipinski definition) is 3. The third kappa shape index (κ3) is 8.60. The Morgan fingerprint density at radius 1 is 0.921 bits per heavy atom. The number of rotatable bonds is 10. The molecule has 3 aromatic carbocycles. The van der Waals surface area contributed by atoms with Crippen LogP contribution in [0.15, 0.2) is 66.7 Å². The summed E-state index contributed by atoms with van der Waals surface area (Å²) in [5, 5.41) is 5.04. The first kappa shape index (κ1) is 30.2. The number of carbonyl (C=O) groups is 1. The van der Waals surface area contributed by atoms with E-state index in [4.69, 9.17) is 51.1 Å². The average molecular weight is 608 g/mol. The summed E-state index contributed by atoms with van der Waals surface area (Å²) in [6.07, 6.45) is -2.75. The number of benzene rings is 3. The van der Waals surface area contributed by atoms with E-state index in [1.54, 1.807) is 24.3 Å². The van der Waals surface area contributed by atoms with Crippen LogP contribution in [0.3, 0.4) is 0 Å². The van der Waals surface area contributed by atoms with Gasteiger partial charge in [0.25, 0.3) is 5.91 Å². The number of anilines is 1. The number of amides is 1. The van der Waals surface area contributed by atoms with Gasteiger partial charge in [0.1, 0.15) is 11.9 Å². The van der Waals surface area contributed by atoms with E-state index in [1.165, 1.54) is 0 Å². The van der Waals surface area contributed by atoms with E-state index in [9.17, 15) is 18.0 Å². The number of carbonyl (C=O) groups excluding carboxylic acids is 1. The highest BCUT2D eigenvalue weighted by atomic mass is 35.6. The fourth-order valence-corrected chi connectivity index (χ4v) is 3.98. The summed E-state index contributed by atoms with van der Waals surface area (Å²) < 4.78 is 43.0. The summed E-state index contributed by atoms with van der Waals surface area (Å²) in [5.41, 5.74) is 0.932. The van der Waals surface area contributed by atoms with E-state index in [2.05, 4.69) is 17.6 Å². The number of halogens is 7. The Labute approximate surface area is 239 Å². The molecule has 4 nitrogen and oxygen atoms in total. The van der Waals surface area contributed by atoms with Crippen molar-refractivity contribution in [3.05, 3.63) is 82.9 Å². The molecule has 38 heavy (non-hydrogen) atoms. The van der Waals surface area contributed by atoms with Gasteiger partial charge in [-0.3, -0.25) is 4.79 Å². The van der Waals surface area contributed by atoms with E-state index >= 15 is 0 Å². The zero-order valence-electron chi connectivity index (χ0n) is 20.2. The Morgan fingerprint density at radius 3 is 2.08 bits per heavy atom. The van der Waals surface area contributed by atoms with E-state index in [0.29, 0.717) is 6.61 Å². The number of unbranched alkanes of at least 4 members (excludes halogenated alkanes) is 2. The molecule has 11 heteroatoms. The molecule has 0 unspecified atom stereocenters. The van der Waals surface area contributed by atoms with Crippen molar-refractivity contribution < 1.29 is 22.7 Å². The van der Waals surface area contributed by atoms with Gasteiger partial charge in [-0.1, -0.05) is 90.4 Å². The molecule has 0 fully saturated rings. The number of alkyl halides is 6. The fraction of sp³-hybridized carbons (Fsp3) is 0.296. The van der Waals surface area contributed by atoms with Gasteiger partial charge in [0, 0.05) is 5.56 Å². The van der Waals surface area contributed by atoms with Crippen LogP contribution in [0.2, 0.25) is 5.02 Å². The highest BCUT2D eigenvalue weighted by molar-refractivity contribution is 6.68. The van der Waals surface area contributed by atoms with Crippen LogP contribution in [0.25, 0.3) is 11.1 Å².